The van der Waals surface area contributed by atoms with Gasteiger partial charge in [-0.3, -0.25) is 4.79 Å². The Hall–Kier alpha value is -4.37. The summed E-state index contributed by atoms with van der Waals surface area (Å²) in [5.74, 6) is -0.875. The summed E-state index contributed by atoms with van der Waals surface area (Å²) in [6, 6.07) is 21.1. The second-order valence-corrected chi connectivity index (χ2v) is 10.9. The Morgan fingerprint density at radius 3 is 2.49 bits per heavy atom. The van der Waals surface area contributed by atoms with Crippen molar-refractivity contribution in [3.63, 3.8) is 0 Å². The van der Waals surface area contributed by atoms with Crippen LogP contribution in [0.3, 0.4) is 0 Å². The van der Waals surface area contributed by atoms with E-state index in [0.717, 1.165) is 34.3 Å². The number of nitrogens with one attached hydrogen (secondary N) is 3. The minimum Gasteiger partial charge on any atom is -0.368 e. The highest BCUT2D eigenvalue weighted by molar-refractivity contribution is 5.98. The van der Waals surface area contributed by atoms with Crippen LogP contribution in [0.4, 0.5) is 20.6 Å². The molecule has 1 aliphatic rings. The molecule has 1 fully saturated rings. The highest BCUT2D eigenvalue weighted by atomic mass is 19.1. The molecule has 8 nitrogen and oxygen atoms in total. The number of aromatic nitrogens is 1. The fourth-order valence-corrected chi connectivity index (χ4v) is 5.47. The first kappa shape index (κ1) is 28.2. The van der Waals surface area contributed by atoms with E-state index in [2.05, 4.69) is 25.4 Å². The summed E-state index contributed by atoms with van der Waals surface area (Å²) in [6.45, 7) is 4.78. The number of H-pyrrole nitrogens is 1. The van der Waals surface area contributed by atoms with Crippen molar-refractivity contribution in [2.45, 2.75) is 25.4 Å². The van der Waals surface area contributed by atoms with Crippen molar-refractivity contribution in [3.8, 4) is 0 Å². The first-order chi connectivity index (χ1) is 19.8. The third-order valence-corrected chi connectivity index (χ3v) is 7.61. The highest BCUT2D eigenvalue weighted by Crippen LogP contribution is 2.29. The molecule has 2 unspecified atom stereocenters. The van der Waals surface area contributed by atoms with Gasteiger partial charge < -0.3 is 30.3 Å². The van der Waals surface area contributed by atoms with Gasteiger partial charge in [-0.25, -0.2) is 9.18 Å². The summed E-state index contributed by atoms with van der Waals surface area (Å²) in [5, 5.41) is 7.11. The number of amides is 3. The number of para-hydroxylation sites is 1. The lowest BCUT2D eigenvalue weighted by Gasteiger charge is -2.37. The molecule has 0 saturated carbocycles. The first-order valence-electron chi connectivity index (χ1n) is 13.9. The molecule has 2 heterocycles. The van der Waals surface area contributed by atoms with E-state index >= 15 is 0 Å². The van der Waals surface area contributed by atoms with Gasteiger partial charge in [0.05, 0.1) is 0 Å². The number of hydrogen-bond donors (Lipinski definition) is 3. The van der Waals surface area contributed by atoms with Crippen molar-refractivity contribution in [1.29, 1.82) is 0 Å². The summed E-state index contributed by atoms with van der Waals surface area (Å²) in [5.41, 5.74) is 4.49. The predicted octanol–water partition coefficient (Wildman–Crippen LogP) is 5.01. The number of carbonyl (C=O) groups excluding carboxylic acids is 2. The lowest BCUT2D eigenvalue weighted by atomic mass is 9.92. The number of nitrogens with zero attached hydrogens (tertiary/aromatic N) is 3. The van der Waals surface area contributed by atoms with E-state index in [9.17, 15) is 14.0 Å². The first-order valence-corrected chi connectivity index (χ1v) is 13.9. The van der Waals surface area contributed by atoms with Gasteiger partial charge in [0, 0.05) is 67.1 Å². The number of anilines is 2. The van der Waals surface area contributed by atoms with Crippen molar-refractivity contribution in [3.05, 3.63) is 95.9 Å². The lowest BCUT2D eigenvalue weighted by Crippen LogP contribution is -2.56. The van der Waals surface area contributed by atoms with Gasteiger partial charge in [0.2, 0.25) is 5.91 Å². The molecule has 2 atom stereocenters. The summed E-state index contributed by atoms with van der Waals surface area (Å²) in [4.78, 5) is 36.5. The monoisotopic (exact) mass is 556 g/mol. The van der Waals surface area contributed by atoms with E-state index in [-0.39, 0.29) is 23.7 Å². The topological polar surface area (TPSA) is 83.7 Å². The molecular weight excluding hydrogens is 519 g/mol. The van der Waals surface area contributed by atoms with Crippen LogP contribution in [-0.4, -0.2) is 73.0 Å². The number of benzene rings is 3. The molecule has 3 N–H and O–H groups in total. The van der Waals surface area contributed by atoms with E-state index in [1.54, 1.807) is 11.0 Å². The average Bonchev–Trinajstić information content (AvgIpc) is 3.39. The lowest BCUT2D eigenvalue weighted by molar-refractivity contribution is -0.118. The zero-order chi connectivity index (χ0) is 28.9. The number of halogens is 1. The minimum atomic E-state index is -0.819. The van der Waals surface area contributed by atoms with Gasteiger partial charge in [0.1, 0.15) is 11.9 Å². The summed E-state index contributed by atoms with van der Waals surface area (Å²) in [6.07, 6.45) is 1.91. The molecule has 0 bridgehead atoms. The second-order valence-electron chi connectivity index (χ2n) is 10.9. The number of rotatable bonds is 8. The van der Waals surface area contributed by atoms with Crippen LogP contribution in [0.25, 0.3) is 10.9 Å². The number of aromatic amines is 1. The highest BCUT2D eigenvalue weighted by Gasteiger charge is 2.32. The normalized spacial score (nSPS) is 15.1. The maximum Gasteiger partial charge on any atom is 0.318 e. The van der Waals surface area contributed by atoms with Crippen LogP contribution < -0.4 is 15.5 Å². The molecule has 9 heteroatoms. The third-order valence-electron chi connectivity index (χ3n) is 7.61. The molecule has 1 saturated heterocycles. The van der Waals surface area contributed by atoms with E-state index in [1.165, 1.54) is 12.1 Å². The summed E-state index contributed by atoms with van der Waals surface area (Å²) < 4.78 is 13.7. The fourth-order valence-electron chi connectivity index (χ4n) is 5.47. The van der Waals surface area contributed by atoms with Crippen LogP contribution in [0.2, 0.25) is 0 Å². The minimum absolute atomic E-state index is 0.281. The molecule has 41 heavy (non-hydrogen) atoms. The summed E-state index contributed by atoms with van der Waals surface area (Å²) >= 11 is 0. The SMILES string of the molecule is CC(c1c[nH]c2ccccc12)C(NC(=O)N1CCN(c2cccc(F)c2)CC1)C(=O)Nc1cccc(CN(C)C)c1. The standard InChI is InChI=1S/C32H37FN6O2/c1-22(28-20-34-29-13-5-4-12-27(28)29)30(31(40)35-25-10-6-8-23(18-25)21-37(2)3)36-32(41)39-16-14-38(15-17-39)26-11-7-9-24(33)19-26/h4-13,18-20,22,30,34H,14-17,21H2,1-3H3,(H,35,40)(H,36,41). The van der Waals surface area contributed by atoms with Gasteiger partial charge in [0.25, 0.3) is 0 Å². The van der Waals surface area contributed by atoms with E-state index in [1.807, 2.05) is 81.8 Å². The van der Waals surface area contributed by atoms with Gasteiger partial charge in [-0.1, -0.05) is 43.3 Å². The van der Waals surface area contributed by atoms with Crippen LogP contribution in [-0.2, 0) is 11.3 Å². The van der Waals surface area contributed by atoms with Crippen LogP contribution >= 0.6 is 0 Å². The van der Waals surface area contributed by atoms with Gasteiger partial charge in [-0.05, 0) is 61.6 Å². The Bertz CT molecular complexity index is 1510. The predicted molar refractivity (Wildman–Crippen MR) is 162 cm³/mol. The van der Waals surface area contributed by atoms with Crippen molar-refractivity contribution in [2.24, 2.45) is 0 Å². The smallest absolute Gasteiger partial charge is 0.318 e. The molecular formula is C32H37FN6O2. The maximum atomic E-state index is 13.8. The Morgan fingerprint density at radius 2 is 1.73 bits per heavy atom. The number of fused-ring (bicyclic) bond motifs is 1. The summed E-state index contributed by atoms with van der Waals surface area (Å²) in [7, 11) is 4.00. The fraction of sp³-hybridized carbons (Fsp3) is 0.312. The van der Waals surface area contributed by atoms with Crippen molar-refractivity contribution in [1.82, 2.24) is 20.1 Å². The molecule has 0 spiro atoms. The van der Waals surface area contributed by atoms with E-state index in [4.69, 9.17) is 0 Å². The van der Waals surface area contributed by atoms with Crippen LogP contribution in [0.15, 0.2) is 79.0 Å². The number of piperazine rings is 1. The van der Waals surface area contributed by atoms with Crippen molar-refractivity contribution >= 4 is 34.2 Å². The largest absolute Gasteiger partial charge is 0.368 e. The van der Waals surface area contributed by atoms with E-state index in [0.29, 0.717) is 31.9 Å². The van der Waals surface area contributed by atoms with Crippen LogP contribution in [0.5, 0.6) is 0 Å². The Morgan fingerprint density at radius 1 is 0.976 bits per heavy atom. The third kappa shape index (κ3) is 6.69. The van der Waals surface area contributed by atoms with Crippen molar-refractivity contribution < 1.29 is 14.0 Å². The zero-order valence-electron chi connectivity index (χ0n) is 23.7. The molecule has 4 aromatic rings. The van der Waals surface area contributed by atoms with Crippen LogP contribution in [0.1, 0.15) is 24.0 Å². The zero-order valence-corrected chi connectivity index (χ0v) is 23.7. The molecule has 214 valence electrons. The Kier molecular flexibility index (Phi) is 8.54. The molecule has 3 aromatic carbocycles. The van der Waals surface area contributed by atoms with Crippen molar-refractivity contribution in [2.75, 3.05) is 50.5 Å². The molecule has 1 aliphatic heterocycles. The molecule has 5 rings (SSSR count). The number of carbonyl (C=O) groups is 2. The van der Waals surface area contributed by atoms with Gasteiger partial charge in [0.15, 0.2) is 0 Å². The number of urea groups is 1. The number of hydrogen-bond acceptors (Lipinski definition) is 4. The van der Waals surface area contributed by atoms with E-state index < -0.39 is 6.04 Å². The Balaban J connectivity index is 1.33. The van der Waals surface area contributed by atoms with Crippen LogP contribution in [0, 0.1) is 5.82 Å². The molecule has 1 aromatic heterocycles. The van der Waals surface area contributed by atoms with Gasteiger partial charge in [-0.2, -0.15) is 0 Å². The van der Waals surface area contributed by atoms with Gasteiger partial charge >= 0.3 is 6.03 Å². The Labute approximate surface area is 240 Å². The molecule has 0 aliphatic carbocycles. The molecule has 3 amide bonds. The maximum absolute atomic E-state index is 13.8. The molecule has 0 radical (unpaired) electrons. The average molecular weight is 557 g/mol. The quantitative estimate of drug-likeness (QED) is 0.285. The van der Waals surface area contributed by atoms with Gasteiger partial charge in [-0.15, -0.1) is 0 Å². The second kappa shape index (κ2) is 12.4.